The van der Waals surface area contributed by atoms with Gasteiger partial charge in [-0.05, 0) is 43.7 Å². The summed E-state index contributed by atoms with van der Waals surface area (Å²) in [5.41, 5.74) is 9.38. The highest BCUT2D eigenvalue weighted by Gasteiger charge is 2.07. The molecule has 0 fully saturated rings. The third-order valence-corrected chi connectivity index (χ3v) is 3.07. The van der Waals surface area contributed by atoms with Crippen LogP contribution in [-0.2, 0) is 0 Å². The van der Waals surface area contributed by atoms with Gasteiger partial charge < -0.3 is 15.8 Å². The minimum Gasteiger partial charge on any atom is -0.492 e. The van der Waals surface area contributed by atoms with Crippen LogP contribution in [0.1, 0.15) is 12.5 Å². The first-order chi connectivity index (χ1) is 9.11. The molecule has 0 aliphatic rings. The molecule has 0 bridgehead atoms. The maximum Gasteiger partial charge on any atom is 0.144 e. The lowest BCUT2D eigenvalue weighted by molar-refractivity contribution is 0.342. The molecule has 0 amide bonds. The Morgan fingerprint density at radius 3 is 2.68 bits per heavy atom. The summed E-state index contributed by atoms with van der Waals surface area (Å²) in [6, 6.07) is 11.5. The number of hydrogen-bond donors (Lipinski definition) is 2. The van der Waals surface area contributed by atoms with Gasteiger partial charge >= 0.3 is 0 Å². The number of aryl methyl sites for hydroxylation is 1. The summed E-state index contributed by atoms with van der Waals surface area (Å²) in [5.74, 6) is 0.677. The molecule has 2 aromatic rings. The Balaban J connectivity index is 2.30. The molecule has 0 aliphatic carbocycles. The molecule has 4 heteroatoms. The van der Waals surface area contributed by atoms with E-state index in [9.17, 15) is 0 Å². The SMILES string of the molecule is CCOc1cccc(Nc2ccc(C)cc2Cl)c1N. The van der Waals surface area contributed by atoms with Crippen LogP contribution in [0.4, 0.5) is 17.1 Å². The molecule has 0 spiro atoms. The van der Waals surface area contributed by atoms with Crippen molar-refractivity contribution in [2.24, 2.45) is 0 Å². The second-order valence-corrected chi connectivity index (χ2v) is 4.67. The number of nitrogens with one attached hydrogen (secondary N) is 1. The second kappa shape index (κ2) is 5.85. The minimum atomic E-state index is 0.582. The van der Waals surface area contributed by atoms with Crippen LogP contribution >= 0.6 is 11.6 Å². The fraction of sp³-hybridized carbons (Fsp3) is 0.200. The lowest BCUT2D eigenvalue weighted by Gasteiger charge is -2.14. The first-order valence-electron chi connectivity index (χ1n) is 6.16. The second-order valence-electron chi connectivity index (χ2n) is 4.26. The molecule has 19 heavy (non-hydrogen) atoms. The monoisotopic (exact) mass is 276 g/mol. The number of nitrogens with two attached hydrogens (primary N) is 1. The molecular formula is C15H17ClN2O. The van der Waals surface area contributed by atoms with Gasteiger partial charge in [-0.2, -0.15) is 0 Å². The smallest absolute Gasteiger partial charge is 0.144 e. The fourth-order valence-corrected chi connectivity index (χ4v) is 2.08. The van der Waals surface area contributed by atoms with E-state index in [0.717, 1.165) is 16.9 Å². The van der Waals surface area contributed by atoms with Gasteiger partial charge in [0.2, 0.25) is 0 Å². The van der Waals surface area contributed by atoms with E-state index in [2.05, 4.69) is 5.32 Å². The lowest BCUT2D eigenvalue weighted by Crippen LogP contribution is -2.01. The summed E-state index contributed by atoms with van der Waals surface area (Å²) in [6.45, 7) is 4.51. The van der Waals surface area contributed by atoms with Gasteiger partial charge in [0.05, 0.1) is 28.7 Å². The molecule has 0 heterocycles. The topological polar surface area (TPSA) is 47.3 Å². The van der Waals surface area contributed by atoms with Crippen LogP contribution < -0.4 is 15.8 Å². The van der Waals surface area contributed by atoms with Gasteiger partial charge in [0.25, 0.3) is 0 Å². The molecule has 3 N–H and O–H groups in total. The number of para-hydroxylation sites is 1. The zero-order chi connectivity index (χ0) is 13.8. The summed E-state index contributed by atoms with van der Waals surface area (Å²) in [7, 11) is 0. The van der Waals surface area contributed by atoms with E-state index in [4.69, 9.17) is 22.1 Å². The Labute approximate surface area is 118 Å². The van der Waals surface area contributed by atoms with Gasteiger partial charge in [-0.1, -0.05) is 23.7 Å². The zero-order valence-electron chi connectivity index (χ0n) is 11.0. The number of ether oxygens (including phenoxy) is 1. The number of benzene rings is 2. The highest BCUT2D eigenvalue weighted by molar-refractivity contribution is 6.33. The maximum absolute atomic E-state index is 6.20. The molecule has 2 rings (SSSR count). The molecule has 100 valence electrons. The predicted octanol–water partition coefficient (Wildman–Crippen LogP) is 4.37. The van der Waals surface area contributed by atoms with Crippen LogP contribution in [0.3, 0.4) is 0 Å². The number of nitrogen functional groups attached to an aromatic ring is 1. The van der Waals surface area contributed by atoms with Crippen LogP contribution in [0.15, 0.2) is 36.4 Å². The number of rotatable bonds is 4. The molecule has 0 aliphatic heterocycles. The van der Waals surface area contributed by atoms with Crippen molar-refractivity contribution in [2.45, 2.75) is 13.8 Å². The average Bonchev–Trinajstić information content (AvgIpc) is 2.37. The van der Waals surface area contributed by atoms with Crippen LogP contribution in [-0.4, -0.2) is 6.61 Å². The Morgan fingerprint density at radius 2 is 2.00 bits per heavy atom. The first-order valence-corrected chi connectivity index (χ1v) is 6.54. The highest BCUT2D eigenvalue weighted by Crippen LogP contribution is 2.33. The quantitative estimate of drug-likeness (QED) is 0.815. The molecule has 3 nitrogen and oxygen atoms in total. The van der Waals surface area contributed by atoms with Gasteiger partial charge in [0.15, 0.2) is 0 Å². The van der Waals surface area contributed by atoms with E-state index in [1.54, 1.807) is 0 Å². The van der Waals surface area contributed by atoms with E-state index in [0.29, 0.717) is 23.1 Å². The van der Waals surface area contributed by atoms with Crippen molar-refractivity contribution in [2.75, 3.05) is 17.7 Å². The summed E-state index contributed by atoms with van der Waals surface area (Å²) >= 11 is 6.20. The summed E-state index contributed by atoms with van der Waals surface area (Å²) in [4.78, 5) is 0. The molecule has 0 saturated carbocycles. The number of anilines is 3. The first kappa shape index (κ1) is 13.6. The molecular weight excluding hydrogens is 260 g/mol. The van der Waals surface area contributed by atoms with Gasteiger partial charge in [0, 0.05) is 0 Å². The van der Waals surface area contributed by atoms with Crippen LogP contribution in [0.5, 0.6) is 5.75 Å². The van der Waals surface area contributed by atoms with Crippen molar-refractivity contribution in [3.05, 3.63) is 47.0 Å². The van der Waals surface area contributed by atoms with E-state index in [1.165, 1.54) is 0 Å². The predicted molar refractivity (Wildman–Crippen MR) is 81.5 cm³/mol. The van der Waals surface area contributed by atoms with Crippen molar-refractivity contribution in [3.8, 4) is 5.75 Å². The summed E-state index contributed by atoms with van der Waals surface area (Å²) < 4.78 is 5.47. The van der Waals surface area contributed by atoms with Gasteiger partial charge in [-0.25, -0.2) is 0 Å². The Morgan fingerprint density at radius 1 is 1.21 bits per heavy atom. The molecule has 0 aromatic heterocycles. The largest absolute Gasteiger partial charge is 0.492 e. The van der Waals surface area contributed by atoms with Crippen molar-refractivity contribution < 1.29 is 4.74 Å². The van der Waals surface area contributed by atoms with Gasteiger partial charge in [-0.15, -0.1) is 0 Å². The van der Waals surface area contributed by atoms with E-state index < -0.39 is 0 Å². The molecule has 0 unspecified atom stereocenters. The Bertz CT molecular complexity index is 584. The molecule has 0 atom stereocenters. The van der Waals surface area contributed by atoms with Crippen LogP contribution in [0.2, 0.25) is 5.02 Å². The van der Waals surface area contributed by atoms with Gasteiger partial charge in [-0.3, -0.25) is 0 Å². The van der Waals surface area contributed by atoms with E-state index in [1.807, 2.05) is 50.2 Å². The summed E-state index contributed by atoms with van der Waals surface area (Å²) in [5, 5.41) is 3.90. The third-order valence-electron chi connectivity index (χ3n) is 2.76. The van der Waals surface area contributed by atoms with Crippen LogP contribution in [0, 0.1) is 6.92 Å². The Kier molecular flexibility index (Phi) is 4.17. The van der Waals surface area contributed by atoms with Gasteiger partial charge in [0.1, 0.15) is 5.75 Å². The van der Waals surface area contributed by atoms with Crippen molar-refractivity contribution in [1.29, 1.82) is 0 Å². The standard InChI is InChI=1S/C15H17ClN2O/c1-3-19-14-6-4-5-13(15(14)17)18-12-8-7-10(2)9-11(12)16/h4-9,18H,3,17H2,1-2H3. The Hall–Kier alpha value is -1.87. The van der Waals surface area contributed by atoms with Crippen molar-refractivity contribution in [1.82, 2.24) is 0 Å². The fourth-order valence-electron chi connectivity index (χ4n) is 1.80. The third kappa shape index (κ3) is 3.12. The number of hydrogen-bond acceptors (Lipinski definition) is 3. The normalized spacial score (nSPS) is 10.3. The van der Waals surface area contributed by atoms with Crippen molar-refractivity contribution in [3.63, 3.8) is 0 Å². The van der Waals surface area contributed by atoms with Crippen LogP contribution in [0.25, 0.3) is 0 Å². The van der Waals surface area contributed by atoms with Crippen molar-refractivity contribution >= 4 is 28.7 Å². The molecule has 0 radical (unpaired) electrons. The average molecular weight is 277 g/mol. The maximum atomic E-state index is 6.20. The highest BCUT2D eigenvalue weighted by atomic mass is 35.5. The van der Waals surface area contributed by atoms with E-state index >= 15 is 0 Å². The molecule has 2 aromatic carbocycles. The van der Waals surface area contributed by atoms with E-state index in [-0.39, 0.29) is 0 Å². The minimum absolute atomic E-state index is 0.582. The zero-order valence-corrected chi connectivity index (χ0v) is 11.8. The summed E-state index contributed by atoms with van der Waals surface area (Å²) in [6.07, 6.45) is 0. The molecule has 0 saturated heterocycles. The lowest BCUT2D eigenvalue weighted by atomic mass is 10.2. The number of halogens is 1.